The molecule has 7 nitrogen and oxygen atoms in total. The predicted octanol–water partition coefficient (Wildman–Crippen LogP) is 9.59. The summed E-state index contributed by atoms with van der Waals surface area (Å²) in [5.41, 5.74) is 15.7. The molecule has 50 heavy (non-hydrogen) atoms. The van der Waals surface area contributed by atoms with Crippen molar-refractivity contribution in [2.24, 2.45) is 22.6 Å². The molecule has 0 bridgehead atoms. The van der Waals surface area contributed by atoms with E-state index in [1.54, 1.807) is 13.3 Å². The monoisotopic (exact) mass is 705 g/mol. The Morgan fingerprint density at radius 3 is 2.46 bits per heavy atom. The average molecular weight is 706 g/mol. The van der Waals surface area contributed by atoms with Gasteiger partial charge in [-0.1, -0.05) is 43.2 Å². The number of methoxy groups -OCH3 is 2. The largest absolute Gasteiger partial charge is 0.494 e. The maximum atomic E-state index is 13.8. The van der Waals surface area contributed by atoms with Gasteiger partial charge in [-0.2, -0.15) is 0 Å². The summed E-state index contributed by atoms with van der Waals surface area (Å²) in [6.45, 7) is 10.0. The van der Waals surface area contributed by atoms with E-state index in [1.165, 1.54) is 48.6 Å². The predicted molar refractivity (Wildman–Crippen MR) is 199 cm³/mol. The molecular formula is C40H50ClF2N5O2. The Morgan fingerprint density at radius 1 is 1.14 bits per heavy atom. The summed E-state index contributed by atoms with van der Waals surface area (Å²) in [5.74, 6) is -0.720. The number of hydrogen-bond acceptors (Lipinski definition) is 7. The zero-order chi connectivity index (χ0) is 36.0. The number of ether oxygens (including phenoxy) is 2. The standard InChI is InChI=1S/C25H30ClF2N3O.C13H15NO.C2H5N/c1-4-5-18-15(2)10-21(31-23(18)19-8-9-30-24(32-3)22(19)26)20(14-29-13-16-6-7-16)17-11-25(27,28)12-17;1-8-5-10-7-11(9-3-4-9)14-13(10)12(6-8)15-2;1-2-3/h8-10,13,17,20,29H,4-7,11-12,14H2,1-3H3;5-6,9H,3-4,7H2,1-2H3;2H,1,3H2. The van der Waals surface area contributed by atoms with Gasteiger partial charge in [0.25, 0.3) is 0 Å². The number of allylic oxidation sites excluding steroid dienone is 1. The number of fused-ring (bicyclic) bond motifs is 1. The van der Waals surface area contributed by atoms with Crippen molar-refractivity contribution in [3.63, 3.8) is 0 Å². The minimum absolute atomic E-state index is 0.0907. The second-order valence-electron chi connectivity index (χ2n) is 13.7. The van der Waals surface area contributed by atoms with Gasteiger partial charge < -0.3 is 20.5 Å². The van der Waals surface area contributed by atoms with Gasteiger partial charge in [-0.15, -0.1) is 0 Å². The zero-order valence-corrected chi connectivity index (χ0v) is 30.7. The van der Waals surface area contributed by atoms with Crippen LogP contribution in [-0.2, 0) is 12.8 Å². The lowest BCUT2D eigenvalue weighted by Gasteiger charge is -2.40. The molecule has 3 aromatic rings. The number of aryl methyl sites for hydroxylation is 2. The fraction of sp³-hybridized carbons (Fsp3) is 0.475. The van der Waals surface area contributed by atoms with E-state index in [2.05, 4.69) is 61.6 Å². The molecule has 4 aliphatic rings. The molecule has 3 saturated carbocycles. The van der Waals surface area contributed by atoms with Gasteiger partial charge in [0, 0.05) is 54.9 Å². The van der Waals surface area contributed by atoms with Crippen LogP contribution in [0.4, 0.5) is 14.5 Å². The Balaban J connectivity index is 0.000000223. The quantitative estimate of drug-likeness (QED) is 0.206. The first-order valence-corrected chi connectivity index (χ1v) is 18.0. The van der Waals surface area contributed by atoms with Crippen LogP contribution in [0.15, 0.2) is 60.0 Å². The number of halogens is 3. The van der Waals surface area contributed by atoms with Crippen molar-refractivity contribution in [1.29, 1.82) is 0 Å². The molecule has 1 aliphatic heterocycles. The van der Waals surface area contributed by atoms with Gasteiger partial charge in [0.1, 0.15) is 16.5 Å². The summed E-state index contributed by atoms with van der Waals surface area (Å²) in [6.07, 6.45) is 12.5. The first kappa shape index (κ1) is 37.3. The number of pyridine rings is 2. The molecule has 0 spiro atoms. The zero-order valence-electron chi connectivity index (χ0n) is 29.9. The highest BCUT2D eigenvalue weighted by atomic mass is 35.5. The summed E-state index contributed by atoms with van der Waals surface area (Å²) >= 11 is 6.62. The number of hydrogen-bond donors (Lipinski definition) is 2. The Labute approximate surface area is 300 Å². The Morgan fingerprint density at radius 2 is 1.86 bits per heavy atom. The first-order chi connectivity index (χ1) is 24.0. The van der Waals surface area contributed by atoms with Gasteiger partial charge >= 0.3 is 0 Å². The molecule has 3 fully saturated rings. The highest BCUT2D eigenvalue weighted by Crippen LogP contribution is 2.49. The van der Waals surface area contributed by atoms with Crippen LogP contribution in [0.2, 0.25) is 5.02 Å². The molecule has 7 rings (SSSR count). The minimum atomic E-state index is -2.57. The molecule has 2 aromatic heterocycles. The van der Waals surface area contributed by atoms with Gasteiger partial charge in [-0.25, -0.2) is 13.8 Å². The maximum absolute atomic E-state index is 13.8. The fourth-order valence-corrected chi connectivity index (χ4v) is 7.05. The Kier molecular flexibility index (Phi) is 12.2. The first-order valence-electron chi connectivity index (χ1n) is 17.6. The lowest BCUT2D eigenvalue weighted by Crippen LogP contribution is -2.41. The summed E-state index contributed by atoms with van der Waals surface area (Å²) in [4.78, 5) is 14.0. The average Bonchev–Trinajstić information content (AvgIpc) is 4.02. The highest BCUT2D eigenvalue weighted by molar-refractivity contribution is 6.34. The van der Waals surface area contributed by atoms with Gasteiger partial charge in [0.15, 0.2) is 0 Å². The van der Waals surface area contributed by atoms with Crippen LogP contribution < -0.4 is 20.5 Å². The lowest BCUT2D eigenvalue weighted by atomic mass is 9.71. The number of nitrogens with zero attached hydrogens (tertiary/aromatic N) is 3. The third kappa shape index (κ3) is 9.02. The molecule has 1 aromatic carbocycles. The van der Waals surface area contributed by atoms with E-state index in [0.717, 1.165) is 77.5 Å². The molecule has 3 aliphatic carbocycles. The van der Waals surface area contributed by atoms with Crippen LogP contribution in [-0.4, -0.2) is 42.4 Å². The van der Waals surface area contributed by atoms with Crippen LogP contribution in [0.5, 0.6) is 11.6 Å². The van der Waals surface area contributed by atoms with E-state index in [0.29, 0.717) is 17.4 Å². The van der Waals surface area contributed by atoms with E-state index in [-0.39, 0.29) is 24.7 Å². The molecule has 1 unspecified atom stereocenters. The van der Waals surface area contributed by atoms with Crippen LogP contribution in [0.3, 0.4) is 0 Å². The molecule has 1 atom stereocenters. The second kappa shape index (κ2) is 16.4. The van der Waals surface area contributed by atoms with Crippen molar-refractivity contribution in [1.82, 2.24) is 15.3 Å². The third-order valence-electron chi connectivity index (χ3n) is 9.62. The molecular weight excluding hydrogens is 656 g/mol. The molecule has 10 heteroatoms. The summed E-state index contributed by atoms with van der Waals surface area (Å²) in [5, 5.41) is 3.78. The molecule has 3 N–H and O–H groups in total. The van der Waals surface area contributed by atoms with Gasteiger partial charge in [0.05, 0.1) is 19.9 Å². The van der Waals surface area contributed by atoms with E-state index in [4.69, 9.17) is 31.1 Å². The number of alkyl halides is 2. The number of nitrogens with one attached hydrogen (secondary N) is 1. The third-order valence-corrected chi connectivity index (χ3v) is 9.99. The van der Waals surface area contributed by atoms with Crippen molar-refractivity contribution < 1.29 is 18.3 Å². The topological polar surface area (TPSA) is 94.7 Å². The highest BCUT2D eigenvalue weighted by Gasteiger charge is 2.49. The van der Waals surface area contributed by atoms with Crippen molar-refractivity contribution in [2.45, 2.75) is 90.4 Å². The van der Waals surface area contributed by atoms with Gasteiger partial charge in [-0.3, -0.25) is 9.98 Å². The maximum Gasteiger partial charge on any atom is 0.248 e. The van der Waals surface area contributed by atoms with E-state index < -0.39 is 5.92 Å². The number of nitrogens with two attached hydrogens (primary N) is 1. The second-order valence-corrected chi connectivity index (χ2v) is 14.1. The van der Waals surface area contributed by atoms with E-state index in [9.17, 15) is 8.78 Å². The van der Waals surface area contributed by atoms with Crippen LogP contribution >= 0.6 is 11.6 Å². The normalized spacial score (nSPS) is 17.4. The summed E-state index contributed by atoms with van der Waals surface area (Å²) < 4.78 is 38.2. The van der Waals surface area contributed by atoms with Crippen molar-refractivity contribution in [3.05, 3.63) is 88.0 Å². The fourth-order valence-electron chi connectivity index (χ4n) is 6.77. The number of aromatic nitrogens is 2. The van der Waals surface area contributed by atoms with Crippen molar-refractivity contribution in [3.8, 4) is 22.9 Å². The molecule has 0 amide bonds. The number of rotatable bonds is 11. The van der Waals surface area contributed by atoms with E-state index >= 15 is 0 Å². The molecule has 0 radical (unpaired) electrons. The number of aliphatic imine (C=N–C) groups is 1. The van der Waals surface area contributed by atoms with Crippen molar-refractivity contribution >= 4 is 23.0 Å². The SMILES string of the molecule is C=CN.CCCc1c(C)cc(C(CNC=C2CC2)C2CC(F)(F)C2)nc1-c1ccnc(OC)c1Cl.COc1cc(C)cc2c1N=C(C1CC1)C2. The molecule has 3 heterocycles. The Hall–Kier alpha value is -3.98. The number of benzene rings is 1. The Bertz CT molecular complexity index is 1740. The smallest absolute Gasteiger partial charge is 0.248 e. The van der Waals surface area contributed by atoms with E-state index in [1.807, 2.05) is 12.3 Å². The molecule has 0 saturated heterocycles. The summed E-state index contributed by atoms with van der Waals surface area (Å²) in [7, 11) is 3.26. The summed E-state index contributed by atoms with van der Waals surface area (Å²) in [6, 6.07) is 8.22. The van der Waals surface area contributed by atoms with Gasteiger partial charge in [-0.05, 0) is 111 Å². The van der Waals surface area contributed by atoms with Crippen LogP contribution in [0.1, 0.15) is 85.7 Å². The van der Waals surface area contributed by atoms with Crippen LogP contribution in [0.25, 0.3) is 11.3 Å². The lowest BCUT2D eigenvalue weighted by molar-refractivity contribution is -0.117. The van der Waals surface area contributed by atoms with Crippen molar-refractivity contribution in [2.75, 3.05) is 20.8 Å². The van der Waals surface area contributed by atoms with Crippen LogP contribution in [0, 0.1) is 25.7 Å². The minimum Gasteiger partial charge on any atom is -0.494 e. The molecule has 268 valence electrons. The van der Waals surface area contributed by atoms with Gasteiger partial charge in [0.2, 0.25) is 11.8 Å².